The van der Waals surface area contributed by atoms with Crippen LogP contribution in [0.1, 0.15) is 30.1 Å². The molecule has 0 aromatic heterocycles. The normalized spacial score (nSPS) is 22.8. The van der Waals surface area contributed by atoms with Gasteiger partial charge in [-0.05, 0) is 24.8 Å². The van der Waals surface area contributed by atoms with Crippen LogP contribution in [0.2, 0.25) is 5.02 Å². The van der Waals surface area contributed by atoms with Crippen molar-refractivity contribution in [3.8, 4) is 11.5 Å². The number of halogens is 1. The van der Waals surface area contributed by atoms with Crippen molar-refractivity contribution < 1.29 is 14.6 Å². The number of benzene rings is 1. The molecule has 1 aliphatic carbocycles. The average Bonchev–Trinajstić information content (AvgIpc) is 2.30. The molecule has 2 aliphatic rings. The van der Waals surface area contributed by atoms with Crippen molar-refractivity contribution in [2.75, 3.05) is 13.2 Å². The molecule has 4 heteroatoms. The van der Waals surface area contributed by atoms with Crippen molar-refractivity contribution in [1.82, 2.24) is 0 Å². The Kier molecular flexibility index (Phi) is 2.45. The Balaban J connectivity index is 2.21. The third-order valence-corrected chi connectivity index (χ3v) is 3.50. The number of fused-ring (bicyclic) bond motifs is 3. The molecule has 3 rings (SSSR count). The third-order valence-electron chi connectivity index (χ3n) is 3.16. The van der Waals surface area contributed by atoms with Gasteiger partial charge in [-0.25, -0.2) is 0 Å². The molecule has 0 spiro atoms. The minimum Gasteiger partial charge on any atom is -0.486 e. The number of rotatable bonds is 0. The fourth-order valence-electron chi connectivity index (χ4n) is 2.44. The number of aliphatic hydroxyl groups is 1. The molecule has 0 unspecified atom stereocenters. The van der Waals surface area contributed by atoms with Crippen LogP contribution in [0.3, 0.4) is 0 Å². The van der Waals surface area contributed by atoms with Gasteiger partial charge in [-0.2, -0.15) is 0 Å². The van der Waals surface area contributed by atoms with Gasteiger partial charge < -0.3 is 14.6 Å². The molecule has 0 saturated heterocycles. The molecule has 1 atom stereocenters. The lowest BCUT2D eigenvalue weighted by Crippen LogP contribution is -2.20. The van der Waals surface area contributed by atoms with Gasteiger partial charge in [0.25, 0.3) is 0 Å². The van der Waals surface area contributed by atoms with E-state index in [1.807, 2.05) is 0 Å². The maximum atomic E-state index is 10.0. The molecule has 1 N–H and O–H groups in total. The fourth-order valence-corrected chi connectivity index (χ4v) is 2.74. The summed E-state index contributed by atoms with van der Waals surface area (Å²) in [4.78, 5) is 0. The minimum absolute atomic E-state index is 0.474. The summed E-state index contributed by atoms with van der Waals surface area (Å²) in [6.07, 6.45) is 2.16. The zero-order chi connectivity index (χ0) is 11.1. The minimum atomic E-state index is -0.474. The Morgan fingerprint density at radius 3 is 3.00 bits per heavy atom. The van der Waals surface area contributed by atoms with E-state index < -0.39 is 6.10 Å². The van der Waals surface area contributed by atoms with E-state index in [9.17, 15) is 5.11 Å². The van der Waals surface area contributed by atoms with Crippen molar-refractivity contribution >= 4 is 11.6 Å². The van der Waals surface area contributed by atoms with Crippen LogP contribution in [0.4, 0.5) is 0 Å². The Hall–Kier alpha value is -0.930. The van der Waals surface area contributed by atoms with Gasteiger partial charge in [-0.15, -0.1) is 0 Å². The summed E-state index contributed by atoms with van der Waals surface area (Å²) >= 11 is 6.20. The van der Waals surface area contributed by atoms with Gasteiger partial charge in [0.15, 0.2) is 11.5 Å². The van der Waals surface area contributed by atoms with Crippen LogP contribution < -0.4 is 9.47 Å². The average molecular weight is 241 g/mol. The zero-order valence-corrected chi connectivity index (χ0v) is 9.59. The molecule has 1 aliphatic heterocycles. The lowest BCUT2D eigenvalue weighted by atomic mass is 9.88. The van der Waals surface area contributed by atoms with Crippen molar-refractivity contribution in [3.63, 3.8) is 0 Å². The predicted molar refractivity (Wildman–Crippen MR) is 60.3 cm³/mol. The van der Waals surface area contributed by atoms with E-state index in [1.165, 1.54) is 0 Å². The zero-order valence-electron chi connectivity index (χ0n) is 8.83. The van der Waals surface area contributed by atoms with Gasteiger partial charge in [0.1, 0.15) is 13.2 Å². The number of aliphatic hydroxyl groups excluding tert-OH is 1. The van der Waals surface area contributed by atoms with E-state index in [1.54, 1.807) is 6.07 Å². The third kappa shape index (κ3) is 1.46. The summed E-state index contributed by atoms with van der Waals surface area (Å²) in [7, 11) is 0. The van der Waals surface area contributed by atoms with Crippen LogP contribution in [-0.2, 0) is 6.42 Å². The van der Waals surface area contributed by atoms with Crippen molar-refractivity contribution in [1.29, 1.82) is 0 Å². The molecule has 0 bridgehead atoms. The van der Waals surface area contributed by atoms with Gasteiger partial charge in [-0.3, -0.25) is 0 Å². The smallest absolute Gasteiger partial charge is 0.167 e. The van der Waals surface area contributed by atoms with Gasteiger partial charge >= 0.3 is 0 Å². The number of hydrogen-bond acceptors (Lipinski definition) is 3. The Morgan fingerprint density at radius 2 is 2.12 bits per heavy atom. The summed E-state index contributed by atoms with van der Waals surface area (Å²) < 4.78 is 11.1. The first kappa shape index (κ1) is 10.2. The predicted octanol–water partition coefficient (Wildman–Crippen LogP) is 2.48. The lowest BCUT2D eigenvalue weighted by Gasteiger charge is -2.29. The second kappa shape index (κ2) is 3.82. The van der Waals surface area contributed by atoms with E-state index in [0.717, 1.165) is 30.4 Å². The molecule has 1 heterocycles. The summed E-state index contributed by atoms with van der Waals surface area (Å²) in [6, 6.07) is 1.80. The van der Waals surface area contributed by atoms with Crippen molar-refractivity contribution in [2.24, 2.45) is 0 Å². The van der Waals surface area contributed by atoms with Crippen LogP contribution >= 0.6 is 11.6 Å². The van der Waals surface area contributed by atoms with Crippen molar-refractivity contribution in [3.05, 3.63) is 22.2 Å². The van der Waals surface area contributed by atoms with Crippen LogP contribution in [0.15, 0.2) is 6.07 Å². The van der Waals surface area contributed by atoms with Gasteiger partial charge in [-0.1, -0.05) is 11.6 Å². The second-order valence-electron chi connectivity index (χ2n) is 4.18. The largest absolute Gasteiger partial charge is 0.486 e. The maximum absolute atomic E-state index is 10.0. The fraction of sp³-hybridized carbons (Fsp3) is 0.500. The molecular formula is C12H13ClO3. The quantitative estimate of drug-likeness (QED) is 0.757. The molecule has 3 nitrogen and oxygen atoms in total. The van der Waals surface area contributed by atoms with Crippen molar-refractivity contribution in [2.45, 2.75) is 25.4 Å². The highest BCUT2D eigenvalue weighted by molar-refractivity contribution is 6.31. The molecule has 1 aromatic rings. The molecule has 86 valence electrons. The van der Waals surface area contributed by atoms with E-state index in [0.29, 0.717) is 29.7 Å². The highest BCUT2D eigenvalue weighted by Crippen LogP contribution is 2.46. The van der Waals surface area contributed by atoms with Gasteiger partial charge in [0.2, 0.25) is 0 Å². The van der Waals surface area contributed by atoms with E-state index in [4.69, 9.17) is 21.1 Å². The molecule has 16 heavy (non-hydrogen) atoms. The standard InChI is InChI=1S/C12H13ClO3/c13-8-6-10-12(16-5-4-15-10)11-7(8)2-1-3-9(11)14/h6,9,14H,1-5H2/t9-/m0/s1. The Labute approximate surface area is 98.9 Å². The first-order valence-corrected chi connectivity index (χ1v) is 5.94. The molecule has 0 radical (unpaired) electrons. The Bertz CT molecular complexity index is 431. The molecule has 0 saturated carbocycles. The molecular weight excluding hydrogens is 228 g/mol. The van der Waals surface area contributed by atoms with E-state index in [2.05, 4.69) is 0 Å². The highest BCUT2D eigenvalue weighted by atomic mass is 35.5. The topological polar surface area (TPSA) is 38.7 Å². The first-order valence-electron chi connectivity index (χ1n) is 5.56. The van der Waals surface area contributed by atoms with Gasteiger partial charge in [0.05, 0.1) is 6.10 Å². The monoisotopic (exact) mass is 240 g/mol. The molecule has 0 amide bonds. The summed E-state index contributed by atoms with van der Waals surface area (Å²) in [5, 5.41) is 10.7. The van der Waals surface area contributed by atoms with E-state index >= 15 is 0 Å². The van der Waals surface area contributed by atoms with Crippen LogP contribution in [0.25, 0.3) is 0 Å². The molecule has 0 fully saturated rings. The summed E-state index contributed by atoms with van der Waals surface area (Å²) in [5.41, 5.74) is 1.86. The lowest BCUT2D eigenvalue weighted by molar-refractivity contribution is 0.133. The Morgan fingerprint density at radius 1 is 1.31 bits per heavy atom. The van der Waals surface area contributed by atoms with Crippen LogP contribution in [0.5, 0.6) is 11.5 Å². The number of hydrogen-bond donors (Lipinski definition) is 1. The highest BCUT2D eigenvalue weighted by Gasteiger charge is 2.29. The second-order valence-corrected chi connectivity index (χ2v) is 4.59. The van der Waals surface area contributed by atoms with Gasteiger partial charge in [0, 0.05) is 16.7 Å². The van der Waals surface area contributed by atoms with Crippen LogP contribution in [0, 0.1) is 0 Å². The first-order chi connectivity index (χ1) is 7.77. The number of ether oxygens (including phenoxy) is 2. The maximum Gasteiger partial charge on any atom is 0.167 e. The molecule has 1 aromatic carbocycles. The van der Waals surface area contributed by atoms with Crippen LogP contribution in [-0.4, -0.2) is 18.3 Å². The summed E-state index contributed by atoms with van der Waals surface area (Å²) in [6.45, 7) is 1.08. The van der Waals surface area contributed by atoms with E-state index in [-0.39, 0.29) is 0 Å². The summed E-state index contributed by atoms with van der Waals surface area (Å²) in [5.74, 6) is 1.36. The SMILES string of the molecule is O[C@H]1CCCc2c(Cl)cc3c(c21)OCCO3.